The third-order valence-electron chi connectivity index (χ3n) is 8.44. The SMILES string of the molecule is O=C(Nc1ccc(N=Nc2ccccc2)c(NC(=O)C2c3ccccc3Oc3ccccc32)c1)C1c2ccccc2Oc2ccccc21. The zero-order chi connectivity index (χ0) is 32.5. The van der Waals surface area contributed by atoms with Crippen LogP contribution in [0, 0.1) is 0 Å². The van der Waals surface area contributed by atoms with Crippen molar-refractivity contribution in [3.8, 4) is 23.0 Å². The summed E-state index contributed by atoms with van der Waals surface area (Å²) in [6.45, 7) is 0. The topological polar surface area (TPSA) is 101 Å². The molecule has 2 N–H and O–H groups in total. The van der Waals surface area contributed by atoms with Crippen LogP contribution >= 0.6 is 0 Å². The molecule has 8 rings (SSSR count). The van der Waals surface area contributed by atoms with E-state index in [9.17, 15) is 9.59 Å². The number of hydrogen-bond donors (Lipinski definition) is 2. The van der Waals surface area contributed by atoms with Crippen LogP contribution in [0.5, 0.6) is 23.0 Å². The van der Waals surface area contributed by atoms with Gasteiger partial charge in [-0.05, 0) is 54.6 Å². The van der Waals surface area contributed by atoms with Gasteiger partial charge in [0.1, 0.15) is 28.7 Å². The fourth-order valence-electron chi connectivity index (χ4n) is 6.21. The van der Waals surface area contributed by atoms with Gasteiger partial charge < -0.3 is 20.1 Å². The molecule has 0 aromatic heterocycles. The number of rotatable bonds is 6. The maximum atomic E-state index is 14.2. The van der Waals surface area contributed by atoms with Crippen LogP contribution in [0.3, 0.4) is 0 Å². The first-order chi connectivity index (χ1) is 23.6. The molecule has 8 nitrogen and oxygen atoms in total. The Labute approximate surface area is 276 Å². The molecule has 0 aliphatic carbocycles. The molecule has 0 spiro atoms. The van der Waals surface area contributed by atoms with Crippen molar-refractivity contribution >= 4 is 34.6 Å². The van der Waals surface area contributed by atoms with Crippen molar-refractivity contribution in [2.75, 3.05) is 10.6 Å². The summed E-state index contributed by atoms with van der Waals surface area (Å²) in [5.41, 5.74) is 5.02. The van der Waals surface area contributed by atoms with Gasteiger partial charge in [-0.15, -0.1) is 5.11 Å². The summed E-state index contributed by atoms with van der Waals surface area (Å²) in [4.78, 5) is 28.3. The van der Waals surface area contributed by atoms with E-state index in [1.165, 1.54) is 0 Å². The lowest BCUT2D eigenvalue weighted by Gasteiger charge is -2.28. The first-order valence-corrected chi connectivity index (χ1v) is 15.6. The van der Waals surface area contributed by atoms with Gasteiger partial charge in [-0.1, -0.05) is 91.0 Å². The molecule has 0 saturated carbocycles. The average Bonchev–Trinajstić information content (AvgIpc) is 3.12. The van der Waals surface area contributed by atoms with E-state index >= 15 is 0 Å². The highest BCUT2D eigenvalue weighted by atomic mass is 16.5. The van der Waals surface area contributed by atoms with E-state index in [-0.39, 0.29) is 11.8 Å². The minimum Gasteiger partial charge on any atom is -0.457 e. The molecule has 2 aliphatic heterocycles. The molecule has 0 bridgehead atoms. The molecule has 48 heavy (non-hydrogen) atoms. The molecule has 2 heterocycles. The van der Waals surface area contributed by atoms with Crippen LogP contribution in [-0.4, -0.2) is 11.8 Å². The summed E-state index contributed by atoms with van der Waals surface area (Å²) >= 11 is 0. The molecule has 6 aromatic rings. The van der Waals surface area contributed by atoms with E-state index in [0.717, 1.165) is 22.3 Å². The number of amides is 2. The Morgan fingerprint density at radius 3 is 1.42 bits per heavy atom. The Hall–Kier alpha value is -6.54. The van der Waals surface area contributed by atoms with E-state index in [1.807, 2.05) is 127 Å². The number of hydrogen-bond acceptors (Lipinski definition) is 6. The van der Waals surface area contributed by atoms with Crippen LogP contribution in [0.1, 0.15) is 34.1 Å². The molecule has 8 heteroatoms. The van der Waals surface area contributed by atoms with Crippen molar-refractivity contribution in [3.05, 3.63) is 168 Å². The second-order valence-corrected chi connectivity index (χ2v) is 11.5. The quantitative estimate of drug-likeness (QED) is 0.179. The van der Waals surface area contributed by atoms with Gasteiger partial charge in [0.2, 0.25) is 11.8 Å². The van der Waals surface area contributed by atoms with E-state index in [4.69, 9.17) is 9.47 Å². The number of nitrogens with one attached hydrogen (secondary N) is 2. The van der Waals surface area contributed by atoms with E-state index in [0.29, 0.717) is 45.7 Å². The van der Waals surface area contributed by atoms with Gasteiger partial charge in [0, 0.05) is 27.9 Å². The largest absolute Gasteiger partial charge is 0.457 e. The monoisotopic (exact) mass is 628 g/mol. The maximum absolute atomic E-state index is 14.2. The molecule has 6 aromatic carbocycles. The smallest absolute Gasteiger partial charge is 0.236 e. The normalized spacial score (nSPS) is 13.2. The standard InChI is InChI=1S/C40H28N4O4/c45-39(37-27-14-4-8-18-33(27)47-34-19-9-5-15-28(34)37)41-26-22-23-31(44-43-25-12-2-1-3-13-25)32(24-26)42-40(46)38-29-16-6-10-20-35(29)48-36-21-11-7-17-30(36)38/h1-24,37-38H,(H,41,45)(H,42,46). The van der Waals surface area contributed by atoms with Gasteiger partial charge in [0.05, 0.1) is 23.2 Å². The predicted octanol–water partition coefficient (Wildman–Crippen LogP) is 9.85. The van der Waals surface area contributed by atoms with E-state index in [2.05, 4.69) is 20.9 Å². The van der Waals surface area contributed by atoms with Crippen LogP contribution in [0.2, 0.25) is 0 Å². The van der Waals surface area contributed by atoms with Gasteiger partial charge in [-0.3, -0.25) is 9.59 Å². The summed E-state index contributed by atoms with van der Waals surface area (Å²) in [7, 11) is 0. The Bertz CT molecular complexity index is 2120. The van der Waals surface area contributed by atoms with Gasteiger partial charge in [0.15, 0.2) is 0 Å². The van der Waals surface area contributed by atoms with Crippen LogP contribution in [-0.2, 0) is 9.59 Å². The second-order valence-electron chi connectivity index (χ2n) is 11.5. The number of para-hydroxylation sites is 4. The highest BCUT2D eigenvalue weighted by Crippen LogP contribution is 2.46. The van der Waals surface area contributed by atoms with Crippen molar-refractivity contribution in [1.82, 2.24) is 0 Å². The molecule has 0 fully saturated rings. The van der Waals surface area contributed by atoms with Crippen LogP contribution in [0.4, 0.5) is 22.7 Å². The Kier molecular flexibility index (Phi) is 7.43. The van der Waals surface area contributed by atoms with Crippen LogP contribution < -0.4 is 20.1 Å². The molecule has 232 valence electrons. The number of azo groups is 1. The molecule has 0 radical (unpaired) electrons. The van der Waals surface area contributed by atoms with Crippen molar-refractivity contribution in [3.63, 3.8) is 0 Å². The molecular weight excluding hydrogens is 600 g/mol. The third kappa shape index (κ3) is 5.45. The third-order valence-corrected chi connectivity index (χ3v) is 8.44. The maximum Gasteiger partial charge on any atom is 0.236 e. The van der Waals surface area contributed by atoms with Crippen molar-refractivity contribution in [2.24, 2.45) is 10.2 Å². The summed E-state index contributed by atoms with van der Waals surface area (Å²) in [5, 5.41) is 15.1. The Morgan fingerprint density at radius 1 is 0.479 bits per heavy atom. The molecule has 0 atom stereocenters. The lowest BCUT2D eigenvalue weighted by Crippen LogP contribution is -2.26. The molecule has 0 unspecified atom stereocenters. The first-order valence-electron chi connectivity index (χ1n) is 15.6. The summed E-state index contributed by atoms with van der Waals surface area (Å²) in [6, 6.07) is 44.6. The lowest BCUT2D eigenvalue weighted by molar-refractivity contribution is -0.117. The van der Waals surface area contributed by atoms with Crippen molar-refractivity contribution < 1.29 is 19.1 Å². The predicted molar refractivity (Wildman–Crippen MR) is 184 cm³/mol. The Balaban J connectivity index is 1.15. The second kappa shape index (κ2) is 12.3. The number of fused-ring (bicyclic) bond motifs is 4. The van der Waals surface area contributed by atoms with Crippen LogP contribution in [0.25, 0.3) is 0 Å². The molecule has 0 saturated heterocycles. The number of anilines is 2. The number of carbonyl (C=O) groups excluding carboxylic acids is 2. The van der Waals surface area contributed by atoms with Gasteiger partial charge in [-0.2, -0.15) is 5.11 Å². The summed E-state index contributed by atoms with van der Waals surface area (Å²) in [6.07, 6.45) is 0. The van der Waals surface area contributed by atoms with Gasteiger partial charge in [-0.25, -0.2) is 0 Å². The van der Waals surface area contributed by atoms with Crippen molar-refractivity contribution in [1.29, 1.82) is 0 Å². The number of carbonyl (C=O) groups is 2. The number of nitrogens with zero attached hydrogens (tertiary/aromatic N) is 2. The summed E-state index contributed by atoms with van der Waals surface area (Å²) < 4.78 is 12.2. The lowest BCUT2D eigenvalue weighted by atomic mass is 9.87. The highest BCUT2D eigenvalue weighted by molar-refractivity contribution is 6.03. The fraction of sp³-hybridized carbons (Fsp3) is 0.0500. The molecule has 2 aliphatic rings. The number of benzene rings is 6. The zero-order valence-corrected chi connectivity index (χ0v) is 25.5. The molecule has 2 amide bonds. The van der Waals surface area contributed by atoms with E-state index < -0.39 is 11.8 Å². The van der Waals surface area contributed by atoms with Gasteiger partial charge >= 0.3 is 0 Å². The average molecular weight is 629 g/mol. The number of ether oxygens (including phenoxy) is 2. The van der Waals surface area contributed by atoms with Gasteiger partial charge in [0.25, 0.3) is 0 Å². The van der Waals surface area contributed by atoms with Crippen molar-refractivity contribution in [2.45, 2.75) is 11.8 Å². The fourth-order valence-corrected chi connectivity index (χ4v) is 6.21. The highest BCUT2D eigenvalue weighted by Gasteiger charge is 2.34. The minimum atomic E-state index is -0.640. The molecular formula is C40H28N4O4. The Morgan fingerprint density at radius 2 is 0.917 bits per heavy atom. The zero-order valence-electron chi connectivity index (χ0n) is 25.5. The van der Waals surface area contributed by atoms with Crippen LogP contribution in [0.15, 0.2) is 156 Å². The first kappa shape index (κ1) is 28.9. The summed E-state index contributed by atoms with van der Waals surface area (Å²) in [5.74, 6) is 0.773. The van der Waals surface area contributed by atoms with E-state index in [1.54, 1.807) is 18.2 Å². The minimum absolute atomic E-state index is 0.235.